The molecule has 72 heavy (non-hydrogen) atoms. The summed E-state index contributed by atoms with van der Waals surface area (Å²) in [5, 5.41) is 14.3. The van der Waals surface area contributed by atoms with E-state index in [4.69, 9.17) is 9.97 Å². The van der Waals surface area contributed by atoms with Gasteiger partial charge in [0.25, 0.3) is 0 Å². The molecule has 0 amide bonds. The monoisotopic (exact) mass is 915 g/mol. The molecule has 336 valence electrons. The van der Waals surface area contributed by atoms with E-state index in [9.17, 15) is 0 Å². The maximum absolute atomic E-state index is 5.62. The fourth-order valence-corrected chi connectivity index (χ4v) is 12.3. The molecule has 0 spiro atoms. The molecule has 0 fully saturated rings. The first-order chi connectivity index (χ1) is 35.4. The van der Waals surface area contributed by atoms with Crippen LogP contribution in [0.4, 0.5) is 0 Å². The molecule has 15 rings (SSSR count). The molecule has 0 atom stereocenters. The van der Waals surface area contributed by atoms with Gasteiger partial charge >= 0.3 is 0 Å². The summed E-state index contributed by atoms with van der Waals surface area (Å²) in [6.07, 6.45) is 0. The maximum Gasteiger partial charge on any atom is 0.162 e. The van der Waals surface area contributed by atoms with Crippen molar-refractivity contribution >= 4 is 75.7 Å². The molecule has 3 heteroatoms. The summed E-state index contributed by atoms with van der Waals surface area (Å²) in [7, 11) is 0. The van der Waals surface area contributed by atoms with Gasteiger partial charge in [-0.05, 0) is 135 Å². The molecule has 0 bridgehead atoms. The average molecular weight is 916 g/mol. The smallest absolute Gasteiger partial charge is 0.162 e. The average Bonchev–Trinajstić information content (AvgIpc) is 3.88. The molecule has 0 unspecified atom stereocenters. The number of benzene rings is 12. The zero-order valence-corrected chi connectivity index (χ0v) is 39.9. The summed E-state index contributed by atoms with van der Waals surface area (Å²) in [4.78, 5) is 11.1. The van der Waals surface area contributed by atoms with Crippen LogP contribution in [0.5, 0.6) is 0 Å². The molecule has 0 aliphatic heterocycles. The highest BCUT2D eigenvalue weighted by Crippen LogP contribution is 2.50. The quantitative estimate of drug-likeness (QED) is 0.161. The van der Waals surface area contributed by atoms with E-state index in [0.717, 1.165) is 49.8 Å². The van der Waals surface area contributed by atoms with Crippen LogP contribution in [0.1, 0.15) is 25.0 Å². The number of nitrogens with zero attached hydrogens (tertiary/aromatic N) is 3. The van der Waals surface area contributed by atoms with Crippen LogP contribution in [0.15, 0.2) is 237 Å². The molecule has 14 aromatic rings. The van der Waals surface area contributed by atoms with Crippen molar-refractivity contribution in [1.29, 1.82) is 0 Å². The SMILES string of the molecule is CC1(C)c2ccccc2-c2cc(-c3ccc4c5ccccc5c5cc6c(cc5c4c3)c3cc(-c4ccccc4)ccc3n6-c3cc(-c4cccc5ccccc45)nc(-c4cccc5ccccc45)n3)ccc21. The Kier molecular flexibility index (Phi) is 8.71. The molecule has 1 aliphatic rings. The Morgan fingerprint density at radius 3 is 1.64 bits per heavy atom. The van der Waals surface area contributed by atoms with Gasteiger partial charge in [-0.3, -0.25) is 4.57 Å². The van der Waals surface area contributed by atoms with Crippen molar-refractivity contribution < 1.29 is 0 Å². The van der Waals surface area contributed by atoms with Crippen LogP contribution in [-0.4, -0.2) is 14.5 Å². The molecule has 0 saturated carbocycles. The molecular formula is C69H45N3. The van der Waals surface area contributed by atoms with E-state index in [2.05, 4.69) is 255 Å². The summed E-state index contributed by atoms with van der Waals surface area (Å²) in [5.74, 6) is 1.50. The third-order valence-electron chi connectivity index (χ3n) is 15.8. The van der Waals surface area contributed by atoms with Gasteiger partial charge in [0.15, 0.2) is 5.82 Å². The molecule has 2 heterocycles. The van der Waals surface area contributed by atoms with E-state index in [-0.39, 0.29) is 5.41 Å². The fraction of sp³-hybridized carbons (Fsp3) is 0.0435. The summed E-state index contributed by atoms with van der Waals surface area (Å²) in [6, 6.07) is 86.9. The molecule has 0 N–H and O–H groups in total. The Balaban J connectivity index is 1.03. The van der Waals surface area contributed by atoms with Crippen molar-refractivity contribution in [3.8, 4) is 61.8 Å². The molecule has 1 aliphatic carbocycles. The summed E-state index contributed by atoms with van der Waals surface area (Å²) in [6.45, 7) is 4.70. The molecular weight excluding hydrogens is 871 g/mol. The van der Waals surface area contributed by atoms with Crippen molar-refractivity contribution in [1.82, 2.24) is 14.5 Å². The second-order valence-corrected chi connectivity index (χ2v) is 20.1. The Labute approximate surface area is 416 Å². The summed E-state index contributed by atoms with van der Waals surface area (Å²) < 4.78 is 2.39. The van der Waals surface area contributed by atoms with Gasteiger partial charge < -0.3 is 0 Å². The summed E-state index contributed by atoms with van der Waals surface area (Å²) in [5.41, 5.74) is 15.3. The Hall–Kier alpha value is -9.18. The predicted octanol–water partition coefficient (Wildman–Crippen LogP) is 18.3. The minimum Gasteiger partial charge on any atom is -0.294 e. The second kappa shape index (κ2) is 15.4. The lowest BCUT2D eigenvalue weighted by atomic mass is 9.82. The van der Waals surface area contributed by atoms with Crippen molar-refractivity contribution in [2.24, 2.45) is 0 Å². The maximum atomic E-state index is 5.62. The fourth-order valence-electron chi connectivity index (χ4n) is 12.3. The van der Waals surface area contributed by atoms with Gasteiger partial charge in [0.2, 0.25) is 0 Å². The standard InChI is InChI=1S/C69H45N3/c1-69(2)62-29-13-12-26-53(62)59-37-47(31-34-63(59)69)46-30-33-52-50-24-10-11-25-51(50)58-40-66-61(39-57(58)56(52)36-46)60-38-45(42-16-4-3-5-17-42)32-35-65(60)72(66)67-41-64(54-27-14-20-43-18-6-8-22-48(43)54)70-68(71-67)55-28-15-21-44-19-7-9-23-49(44)55/h3-41H,1-2H3. The number of rotatable bonds is 5. The van der Waals surface area contributed by atoms with Gasteiger partial charge in [-0.1, -0.05) is 208 Å². The lowest BCUT2D eigenvalue weighted by Gasteiger charge is -2.21. The lowest BCUT2D eigenvalue weighted by Crippen LogP contribution is -2.14. The van der Waals surface area contributed by atoms with Gasteiger partial charge in [0.05, 0.1) is 16.7 Å². The Morgan fingerprint density at radius 2 is 0.833 bits per heavy atom. The molecule has 0 saturated heterocycles. The van der Waals surface area contributed by atoms with Crippen LogP contribution in [0.2, 0.25) is 0 Å². The Bertz CT molecular complexity index is 4490. The first-order valence-corrected chi connectivity index (χ1v) is 25.0. The van der Waals surface area contributed by atoms with Crippen molar-refractivity contribution in [3.05, 3.63) is 248 Å². The second-order valence-electron chi connectivity index (χ2n) is 20.1. The van der Waals surface area contributed by atoms with E-state index in [1.54, 1.807) is 0 Å². The highest BCUT2D eigenvalue weighted by atomic mass is 15.1. The third kappa shape index (κ3) is 6.04. The van der Waals surface area contributed by atoms with Gasteiger partial charge in [-0.2, -0.15) is 0 Å². The number of hydrogen-bond acceptors (Lipinski definition) is 2. The molecule has 2 aromatic heterocycles. The van der Waals surface area contributed by atoms with Crippen LogP contribution in [0.25, 0.3) is 138 Å². The van der Waals surface area contributed by atoms with Crippen LogP contribution in [0.3, 0.4) is 0 Å². The van der Waals surface area contributed by atoms with Gasteiger partial charge in [-0.25, -0.2) is 9.97 Å². The van der Waals surface area contributed by atoms with Gasteiger partial charge in [-0.15, -0.1) is 0 Å². The van der Waals surface area contributed by atoms with E-state index >= 15 is 0 Å². The van der Waals surface area contributed by atoms with E-state index < -0.39 is 0 Å². The highest BCUT2D eigenvalue weighted by Gasteiger charge is 2.35. The zero-order valence-electron chi connectivity index (χ0n) is 39.9. The first kappa shape index (κ1) is 40.7. The zero-order chi connectivity index (χ0) is 47.7. The number of hydrogen-bond donors (Lipinski definition) is 0. The molecule has 12 aromatic carbocycles. The predicted molar refractivity (Wildman–Crippen MR) is 303 cm³/mol. The van der Waals surface area contributed by atoms with Crippen molar-refractivity contribution in [3.63, 3.8) is 0 Å². The minimum absolute atomic E-state index is 0.0470. The van der Waals surface area contributed by atoms with Gasteiger partial charge in [0, 0.05) is 33.4 Å². The van der Waals surface area contributed by atoms with Gasteiger partial charge in [0.1, 0.15) is 5.82 Å². The Morgan fingerprint density at radius 1 is 0.306 bits per heavy atom. The third-order valence-corrected chi connectivity index (χ3v) is 15.8. The normalized spacial score (nSPS) is 13.0. The van der Waals surface area contributed by atoms with Crippen LogP contribution in [0, 0.1) is 0 Å². The van der Waals surface area contributed by atoms with Crippen molar-refractivity contribution in [2.45, 2.75) is 19.3 Å². The number of fused-ring (bicyclic) bond motifs is 14. The first-order valence-electron chi connectivity index (χ1n) is 25.0. The minimum atomic E-state index is -0.0470. The molecule has 3 nitrogen and oxygen atoms in total. The largest absolute Gasteiger partial charge is 0.294 e. The van der Waals surface area contributed by atoms with E-state index in [1.807, 2.05) is 0 Å². The van der Waals surface area contributed by atoms with E-state index in [0.29, 0.717) is 5.82 Å². The number of aromatic nitrogens is 3. The molecule has 0 radical (unpaired) electrons. The van der Waals surface area contributed by atoms with Crippen LogP contribution in [-0.2, 0) is 5.41 Å². The van der Waals surface area contributed by atoms with Crippen LogP contribution >= 0.6 is 0 Å². The lowest BCUT2D eigenvalue weighted by molar-refractivity contribution is 0.660. The van der Waals surface area contributed by atoms with E-state index in [1.165, 1.54) is 93.0 Å². The summed E-state index contributed by atoms with van der Waals surface area (Å²) >= 11 is 0. The van der Waals surface area contributed by atoms with Crippen molar-refractivity contribution in [2.75, 3.05) is 0 Å². The van der Waals surface area contributed by atoms with Crippen LogP contribution < -0.4 is 0 Å². The topological polar surface area (TPSA) is 30.7 Å². The highest BCUT2D eigenvalue weighted by molar-refractivity contribution is 6.29.